The number of fused-ring (bicyclic) bond motifs is 1. The van der Waals surface area contributed by atoms with E-state index in [1.54, 1.807) is 11.6 Å². The number of carbonyl (C=O) groups excluding carboxylic acids is 1. The third kappa shape index (κ3) is 4.70. The van der Waals surface area contributed by atoms with Crippen LogP contribution in [0.3, 0.4) is 0 Å². The average molecular weight is 471 g/mol. The van der Waals surface area contributed by atoms with Crippen molar-refractivity contribution >= 4 is 29.1 Å². The SMILES string of the molecule is Cc1nn(Cc2ccccc2Cl)c(Cl)c1C(=O)NCC(C)(C)N1CCc2ccccc2C1. The van der Waals surface area contributed by atoms with Crippen LogP contribution >= 0.6 is 23.2 Å². The monoisotopic (exact) mass is 470 g/mol. The smallest absolute Gasteiger partial charge is 0.256 e. The van der Waals surface area contributed by atoms with E-state index in [0.29, 0.717) is 34.5 Å². The van der Waals surface area contributed by atoms with Crippen molar-refractivity contribution in [2.75, 3.05) is 13.1 Å². The van der Waals surface area contributed by atoms with Crippen molar-refractivity contribution in [1.29, 1.82) is 0 Å². The molecule has 3 aromatic rings. The topological polar surface area (TPSA) is 50.2 Å². The molecule has 0 aliphatic carbocycles. The number of nitrogens with zero attached hydrogens (tertiary/aromatic N) is 3. The van der Waals surface area contributed by atoms with Crippen LogP contribution in [0.1, 0.15) is 46.6 Å². The van der Waals surface area contributed by atoms with E-state index < -0.39 is 0 Å². The molecule has 0 radical (unpaired) electrons. The molecule has 32 heavy (non-hydrogen) atoms. The Bertz CT molecular complexity index is 1140. The summed E-state index contributed by atoms with van der Waals surface area (Å²) in [5.41, 5.74) is 4.49. The van der Waals surface area contributed by atoms with Crippen LogP contribution in [0.4, 0.5) is 0 Å². The molecule has 0 saturated heterocycles. The van der Waals surface area contributed by atoms with Crippen molar-refractivity contribution in [1.82, 2.24) is 20.0 Å². The van der Waals surface area contributed by atoms with Crippen molar-refractivity contribution in [2.45, 2.75) is 45.8 Å². The van der Waals surface area contributed by atoms with Gasteiger partial charge in [-0.3, -0.25) is 9.69 Å². The van der Waals surface area contributed by atoms with Gasteiger partial charge in [0.2, 0.25) is 0 Å². The summed E-state index contributed by atoms with van der Waals surface area (Å²) in [6.45, 7) is 8.90. The predicted molar refractivity (Wildman–Crippen MR) is 129 cm³/mol. The molecule has 2 heterocycles. The molecule has 168 valence electrons. The zero-order valence-electron chi connectivity index (χ0n) is 18.7. The molecular formula is C25H28Cl2N4O. The molecule has 0 unspecified atom stereocenters. The zero-order valence-corrected chi connectivity index (χ0v) is 20.2. The summed E-state index contributed by atoms with van der Waals surface area (Å²) in [7, 11) is 0. The average Bonchev–Trinajstić information content (AvgIpc) is 3.06. The van der Waals surface area contributed by atoms with Crippen LogP contribution in [0, 0.1) is 6.92 Å². The summed E-state index contributed by atoms with van der Waals surface area (Å²) in [5, 5.41) is 8.54. The molecule has 1 aromatic heterocycles. The molecule has 5 nitrogen and oxygen atoms in total. The first kappa shape index (κ1) is 22.8. The van der Waals surface area contributed by atoms with Gasteiger partial charge in [-0.15, -0.1) is 0 Å². The second-order valence-corrected chi connectivity index (χ2v) is 9.70. The summed E-state index contributed by atoms with van der Waals surface area (Å²) < 4.78 is 1.62. The first-order chi connectivity index (χ1) is 15.3. The molecule has 1 N–H and O–H groups in total. The van der Waals surface area contributed by atoms with Gasteiger partial charge in [0.05, 0.1) is 17.8 Å². The van der Waals surface area contributed by atoms with E-state index in [2.05, 4.69) is 53.4 Å². The third-order valence-corrected chi connectivity index (χ3v) is 6.99. The molecular weight excluding hydrogens is 443 g/mol. The van der Waals surface area contributed by atoms with E-state index in [4.69, 9.17) is 23.2 Å². The highest BCUT2D eigenvalue weighted by molar-refractivity contribution is 6.33. The minimum absolute atomic E-state index is 0.197. The Hall–Kier alpha value is -2.34. The fourth-order valence-electron chi connectivity index (χ4n) is 4.21. The van der Waals surface area contributed by atoms with Crippen LogP contribution in [0.25, 0.3) is 0 Å². The minimum atomic E-state index is -0.205. The lowest BCUT2D eigenvalue weighted by Gasteiger charge is -2.41. The van der Waals surface area contributed by atoms with E-state index in [-0.39, 0.29) is 11.4 Å². The molecule has 2 aromatic carbocycles. The number of benzene rings is 2. The summed E-state index contributed by atoms with van der Waals surface area (Å²) >= 11 is 12.8. The molecule has 0 bridgehead atoms. The zero-order chi connectivity index (χ0) is 22.9. The van der Waals surface area contributed by atoms with Gasteiger partial charge in [0, 0.05) is 30.2 Å². The standard InChI is InChI=1S/C25H28Cl2N4O/c1-17-22(23(27)31(29-17)15-20-10-6-7-11-21(20)26)24(32)28-16-25(2,3)30-13-12-18-8-4-5-9-19(18)14-30/h4-11H,12-16H2,1-3H3,(H,28,32). The van der Waals surface area contributed by atoms with E-state index in [1.807, 2.05) is 24.3 Å². The van der Waals surface area contributed by atoms with Gasteiger partial charge in [-0.1, -0.05) is 65.7 Å². The first-order valence-corrected chi connectivity index (χ1v) is 11.6. The first-order valence-electron chi connectivity index (χ1n) is 10.8. The number of carbonyl (C=O) groups is 1. The van der Waals surface area contributed by atoms with Gasteiger partial charge in [-0.25, -0.2) is 4.68 Å². The fraction of sp³-hybridized carbons (Fsp3) is 0.360. The van der Waals surface area contributed by atoms with E-state index in [0.717, 1.165) is 25.1 Å². The Morgan fingerprint density at radius 1 is 1.09 bits per heavy atom. The Kier molecular flexibility index (Phi) is 6.61. The van der Waals surface area contributed by atoms with Crippen LogP contribution in [0.2, 0.25) is 10.2 Å². The highest BCUT2D eigenvalue weighted by Crippen LogP contribution is 2.26. The van der Waals surface area contributed by atoms with E-state index >= 15 is 0 Å². The number of amides is 1. The number of halogens is 2. The lowest BCUT2D eigenvalue weighted by molar-refractivity contribution is 0.0826. The Balaban J connectivity index is 1.44. The Morgan fingerprint density at radius 3 is 2.53 bits per heavy atom. The number of aromatic nitrogens is 2. The summed E-state index contributed by atoms with van der Waals surface area (Å²) in [6, 6.07) is 16.1. The highest BCUT2D eigenvalue weighted by atomic mass is 35.5. The molecule has 0 saturated carbocycles. The molecule has 1 aliphatic rings. The summed E-state index contributed by atoms with van der Waals surface area (Å²) in [5.74, 6) is -0.205. The number of hydrogen-bond acceptors (Lipinski definition) is 3. The summed E-state index contributed by atoms with van der Waals surface area (Å²) in [6.07, 6.45) is 1.02. The van der Waals surface area contributed by atoms with Gasteiger partial charge in [0.15, 0.2) is 0 Å². The molecule has 1 aliphatic heterocycles. The van der Waals surface area contributed by atoms with Crippen LogP contribution < -0.4 is 5.32 Å². The highest BCUT2D eigenvalue weighted by Gasteiger charge is 2.31. The van der Waals surface area contributed by atoms with Crippen molar-refractivity contribution < 1.29 is 4.79 Å². The largest absolute Gasteiger partial charge is 0.350 e. The number of hydrogen-bond donors (Lipinski definition) is 1. The molecule has 7 heteroatoms. The van der Waals surface area contributed by atoms with Gasteiger partial charge in [-0.05, 0) is 49.9 Å². The second kappa shape index (κ2) is 9.26. The maximum absolute atomic E-state index is 13.1. The quantitative estimate of drug-likeness (QED) is 0.544. The lowest BCUT2D eigenvalue weighted by Crippen LogP contribution is -2.53. The predicted octanol–water partition coefficient (Wildman–Crippen LogP) is 5.11. The fourth-order valence-corrected chi connectivity index (χ4v) is 4.73. The molecule has 0 spiro atoms. The van der Waals surface area contributed by atoms with E-state index in [9.17, 15) is 4.79 Å². The Labute approximate surface area is 199 Å². The van der Waals surface area contributed by atoms with Gasteiger partial charge in [-0.2, -0.15) is 5.10 Å². The van der Waals surface area contributed by atoms with Crippen molar-refractivity contribution in [3.8, 4) is 0 Å². The maximum atomic E-state index is 13.1. The molecule has 4 rings (SSSR count). The van der Waals surface area contributed by atoms with Crippen LogP contribution in [-0.2, 0) is 19.5 Å². The van der Waals surface area contributed by atoms with Crippen LogP contribution in [0.15, 0.2) is 48.5 Å². The minimum Gasteiger partial charge on any atom is -0.350 e. The van der Waals surface area contributed by atoms with Crippen molar-refractivity contribution in [3.05, 3.63) is 86.7 Å². The normalized spacial score (nSPS) is 14.3. The number of nitrogens with one attached hydrogen (secondary N) is 1. The van der Waals surface area contributed by atoms with Crippen molar-refractivity contribution in [2.24, 2.45) is 0 Å². The van der Waals surface area contributed by atoms with E-state index in [1.165, 1.54) is 11.1 Å². The second-order valence-electron chi connectivity index (χ2n) is 8.94. The molecule has 1 amide bonds. The van der Waals surface area contributed by atoms with Gasteiger partial charge < -0.3 is 5.32 Å². The Morgan fingerprint density at radius 2 is 1.78 bits per heavy atom. The summed E-state index contributed by atoms with van der Waals surface area (Å²) in [4.78, 5) is 15.5. The van der Waals surface area contributed by atoms with Crippen molar-refractivity contribution in [3.63, 3.8) is 0 Å². The van der Waals surface area contributed by atoms with Crippen LogP contribution in [0.5, 0.6) is 0 Å². The lowest BCUT2D eigenvalue weighted by atomic mass is 9.94. The number of rotatable bonds is 6. The third-order valence-electron chi connectivity index (χ3n) is 6.24. The molecule has 0 atom stereocenters. The molecule has 0 fully saturated rings. The maximum Gasteiger partial charge on any atom is 0.256 e. The van der Waals surface area contributed by atoms with Crippen LogP contribution in [-0.4, -0.2) is 39.2 Å². The van der Waals surface area contributed by atoms with Gasteiger partial charge >= 0.3 is 0 Å². The number of aryl methyl sites for hydroxylation is 1. The van der Waals surface area contributed by atoms with Gasteiger partial charge in [0.25, 0.3) is 5.91 Å². The van der Waals surface area contributed by atoms with Gasteiger partial charge in [0.1, 0.15) is 5.15 Å².